The second-order valence-corrected chi connectivity index (χ2v) is 9.32. The van der Waals surface area contributed by atoms with Gasteiger partial charge in [-0.1, -0.05) is 24.8 Å². The van der Waals surface area contributed by atoms with E-state index in [2.05, 4.69) is 27.8 Å². The molecule has 10 heteroatoms. The molecule has 0 saturated carbocycles. The molecular weight excluding hydrogens is 422 g/mol. The lowest BCUT2D eigenvalue weighted by Gasteiger charge is -2.18. The standard InChI is InChI=1S/C20H21N5O3S2/c1-12-6-7-15-16(10-29-17(15)8-12)19-22-23-20(24(19)2)30-11-18(26)21-13-4-3-5-14(9-13)25(27)28/h3-5,9-10,12H,6-8,11H2,1-2H3,(H,21,26)/t12-/m1/s1. The Labute approximate surface area is 181 Å². The van der Waals surface area contributed by atoms with E-state index < -0.39 is 4.92 Å². The third-order valence-electron chi connectivity index (χ3n) is 5.15. The lowest BCUT2D eigenvalue weighted by atomic mass is 9.88. The van der Waals surface area contributed by atoms with Gasteiger partial charge < -0.3 is 9.88 Å². The van der Waals surface area contributed by atoms with Gasteiger partial charge in [0.25, 0.3) is 5.69 Å². The second kappa shape index (κ2) is 8.57. The van der Waals surface area contributed by atoms with Gasteiger partial charge >= 0.3 is 0 Å². The van der Waals surface area contributed by atoms with Crippen molar-refractivity contribution in [3.05, 3.63) is 50.2 Å². The zero-order valence-electron chi connectivity index (χ0n) is 16.6. The number of nitro groups is 1. The fourth-order valence-corrected chi connectivity index (χ4v) is 5.52. The van der Waals surface area contributed by atoms with Gasteiger partial charge in [-0.25, -0.2) is 0 Å². The van der Waals surface area contributed by atoms with Gasteiger partial charge in [-0.3, -0.25) is 14.9 Å². The molecule has 0 spiro atoms. The highest BCUT2D eigenvalue weighted by molar-refractivity contribution is 7.99. The summed E-state index contributed by atoms with van der Waals surface area (Å²) in [7, 11) is 1.91. The number of hydrogen-bond acceptors (Lipinski definition) is 7. The van der Waals surface area contributed by atoms with E-state index in [1.54, 1.807) is 17.4 Å². The molecule has 0 unspecified atom stereocenters. The topological polar surface area (TPSA) is 103 Å². The first-order valence-electron chi connectivity index (χ1n) is 9.58. The molecule has 2 heterocycles. The predicted octanol–water partition coefficient (Wildman–Crippen LogP) is 4.31. The molecule has 2 aromatic heterocycles. The first-order valence-corrected chi connectivity index (χ1v) is 11.4. The Bertz CT molecular complexity index is 1110. The third-order valence-corrected chi connectivity index (χ3v) is 7.22. The number of nitrogens with zero attached hydrogens (tertiary/aromatic N) is 4. The zero-order chi connectivity index (χ0) is 21.3. The van der Waals surface area contributed by atoms with E-state index in [0.717, 1.165) is 30.1 Å². The Hall–Kier alpha value is -2.72. The van der Waals surface area contributed by atoms with Crippen LogP contribution in [0, 0.1) is 16.0 Å². The van der Waals surface area contributed by atoms with Gasteiger partial charge in [-0.15, -0.1) is 21.5 Å². The summed E-state index contributed by atoms with van der Waals surface area (Å²) in [6.07, 6.45) is 3.38. The Morgan fingerprint density at radius 2 is 2.27 bits per heavy atom. The van der Waals surface area contributed by atoms with Crippen LogP contribution in [0.15, 0.2) is 34.8 Å². The first kappa shape index (κ1) is 20.5. The van der Waals surface area contributed by atoms with Crippen LogP contribution in [0.1, 0.15) is 23.8 Å². The summed E-state index contributed by atoms with van der Waals surface area (Å²) in [4.78, 5) is 24.1. The Kier molecular flexibility index (Phi) is 5.87. The number of thiophene rings is 1. The maximum Gasteiger partial charge on any atom is 0.271 e. The predicted molar refractivity (Wildman–Crippen MR) is 118 cm³/mol. The molecule has 4 rings (SSSR count). The number of nitro benzene ring substituents is 1. The number of carbonyl (C=O) groups is 1. The summed E-state index contributed by atoms with van der Waals surface area (Å²) < 4.78 is 1.92. The van der Waals surface area contributed by atoms with Gasteiger partial charge in [0.1, 0.15) is 0 Å². The number of hydrogen-bond donors (Lipinski definition) is 1. The number of non-ortho nitro benzene ring substituents is 1. The quantitative estimate of drug-likeness (QED) is 0.346. The molecule has 1 N–H and O–H groups in total. The van der Waals surface area contributed by atoms with Crippen molar-refractivity contribution < 1.29 is 9.72 Å². The molecule has 1 atom stereocenters. The Morgan fingerprint density at radius 3 is 3.07 bits per heavy atom. The van der Waals surface area contributed by atoms with Crippen molar-refractivity contribution in [3.8, 4) is 11.4 Å². The molecule has 156 valence electrons. The molecule has 0 aliphatic heterocycles. The van der Waals surface area contributed by atoms with Gasteiger partial charge in [-0.05, 0) is 36.8 Å². The van der Waals surface area contributed by atoms with Crippen molar-refractivity contribution in [2.24, 2.45) is 13.0 Å². The molecule has 1 aliphatic rings. The minimum Gasteiger partial charge on any atom is -0.325 e. The van der Waals surface area contributed by atoms with E-state index >= 15 is 0 Å². The monoisotopic (exact) mass is 443 g/mol. The molecule has 8 nitrogen and oxygen atoms in total. The molecule has 1 aliphatic carbocycles. The van der Waals surface area contributed by atoms with Gasteiger partial charge in [0, 0.05) is 40.7 Å². The van der Waals surface area contributed by atoms with Crippen LogP contribution >= 0.6 is 23.1 Å². The van der Waals surface area contributed by atoms with Crippen molar-refractivity contribution in [3.63, 3.8) is 0 Å². The van der Waals surface area contributed by atoms with Crippen LogP contribution in [0.2, 0.25) is 0 Å². The van der Waals surface area contributed by atoms with E-state index in [4.69, 9.17) is 0 Å². The summed E-state index contributed by atoms with van der Waals surface area (Å²) in [5.41, 5.74) is 2.86. The van der Waals surface area contributed by atoms with Gasteiger partial charge in [0.15, 0.2) is 11.0 Å². The minimum absolute atomic E-state index is 0.0631. The maximum atomic E-state index is 12.3. The highest BCUT2D eigenvalue weighted by Crippen LogP contribution is 2.38. The van der Waals surface area contributed by atoms with Crippen molar-refractivity contribution in [1.82, 2.24) is 14.8 Å². The molecule has 1 amide bonds. The summed E-state index contributed by atoms with van der Waals surface area (Å²) >= 11 is 3.08. The number of nitrogens with one attached hydrogen (secondary N) is 1. The number of benzene rings is 1. The molecule has 0 saturated heterocycles. The first-order chi connectivity index (χ1) is 14.4. The van der Waals surface area contributed by atoms with E-state index in [1.807, 2.05) is 11.6 Å². The van der Waals surface area contributed by atoms with Crippen molar-refractivity contribution in [1.29, 1.82) is 0 Å². The average Bonchev–Trinajstić information content (AvgIpc) is 3.29. The van der Waals surface area contributed by atoms with Crippen molar-refractivity contribution in [2.45, 2.75) is 31.3 Å². The molecule has 0 radical (unpaired) electrons. The van der Waals surface area contributed by atoms with E-state index in [0.29, 0.717) is 10.8 Å². The highest BCUT2D eigenvalue weighted by atomic mass is 32.2. The van der Waals surface area contributed by atoms with Crippen molar-refractivity contribution >= 4 is 40.4 Å². The van der Waals surface area contributed by atoms with Crippen molar-refractivity contribution in [2.75, 3.05) is 11.1 Å². The highest BCUT2D eigenvalue weighted by Gasteiger charge is 2.23. The summed E-state index contributed by atoms with van der Waals surface area (Å²) in [5, 5.41) is 25.0. The van der Waals surface area contributed by atoms with Crippen LogP contribution in [0.5, 0.6) is 0 Å². The summed E-state index contributed by atoms with van der Waals surface area (Å²) in [6, 6.07) is 5.88. The number of aromatic nitrogens is 3. The fourth-order valence-electron chi connectivity index (χ4n) is 3.56. The second-order valence-electron chi connectivity index (χ2n) is 7.41. The molecule has 30 heavy (non-hydrogen) atoms. The average molecular weight is 444 g/mol. The van der Waals surface area contributed by atoms with Gasteiger partial charge in [0.05, 0.1) is 10.7 Å². The van der Waals surface area contributed by atoms with Gasteiger partial charge in [-0.2, -0.15) is 0 Å². The minimum atomic E-state index is -0.491. The van der Waals surface area contributed by atoms with E-state index in [-0.39, 0.29) is 17.3 Å². The Balaban J connectivity index is 1.42. The molecular formula is C20H21N5O3S2. The van der Waals surface area contributed by atoms with E-state index in [9.17, 15) is 14.9 Å². The fraction of sp³-hybridized carbons (Fsp3) is 0.350. The van der Waals surface area contributed by atoms with Crippen LogP contribution in [0.25, 0.3) is 11.4 Å². The number of rotatable bonds is 6. The number of fused-ring (bicyclic) bond motifs is 1. The number of thioether (sulfide) groups is 1. The van der Waals surface area contributed by atoms with Crippen LogP contribution in [-0.2, 0) is 24.7 Å². The van der Waals surface area contributed by atoms with Gasteiger partial charge in [0.2, 0.25) is 5.91 Å². The molecule has 3 aromatic rings. The SMILES string of the molecule is C[C@@H]1CCc2c(-c3nnc(SCC(=O)Nc4cccc([N+](=O)[O-])c4)n3C)csc2C1. The lowest BCUT2D eigenvalue weighted by Crippen LogP contribution is -2.14. The smallest absolute Gasteiger partial charge is 0.271 e. The zero-order valence-corrected chi connectivity index (χ0v) is 18.3. The number of carbonyl (C=O) groups excluding carboxylic acids is 1. The van der Waals surface area contributed by atoms with Crippen LogP contribution in [-0.4, -0.2) is 31.3 Å². The normalized spacial score (nSPS) is 15.6. The van der Waals surface area contributed by atoms with Crippen LogP contribution in [0.4, 0.5) is 11.4 Å². The summed E-state index contributed by atoms with van der Waals surface area (Å²) in [6.45, 7) is 2.29. The molecule has 1 aromatic carbocycles. The molecule has 0 bridgehead atoms. The number of anilines is 1. The number of amides is 1. The largest absolute Gasteiger partial charge is 0.325 e. The summed E-state index contributed by atoms with van der Waals surface area (Å²) in [5.74, 6) is 1.42. The van der Waals surface area contributed by atoms with Crippen LogP contribution < -0.4 is 5.32 Å². The lowest BCUT2D eigenvalue weighted by molar-refractivity contribution is -0.384. The molecule has 0 fully saturated rings. The Morgan fingerprint density at radius 1 is 1.43 bits per heavy atom. The van der Waals surface area contributed by atoms with Crippen LogP contribution in [0.3, 0.4) is 0 Å². The van der Waals surface area contributed by atoms with E-state index in [1.165, 1.54) is 46.8 Å². The third kappa shape index (κ3) is 4.24. The maximum absolute atomic E-state index is 12.3.